The van der Waals surface area contributed by atoms with Crippen molar-refractivity contribution in [1.82, 2.24) is 14.5 Å². The summed E-state index contributed by atoms with van der Waals surface area (Å²) >= 11 is 0. The number of nitrogens with zero attached hydrogens (tertiary/aromatic N) is 3. The Morgan fingerprint density at radius 1 is 1.25 bits per heavy atom. The smallest absolute Gasteiger partial charge is 0.382 e. The first-order valence-corrected chi connectivity index (χ1v) is 9.15. The monoisotopic (exact) mass is 394 g/mol. The van der Waals surface area contributed by atoms with Crippen molar-refractivity contribution in [2.24, 2.45) is 7.05 Å². The summed E-state index contributed by atoms with van der Waals surface area (Å²) in [5.74, 6) is 0.548. The van der Waals surface area contributed by atoms with E-state index in [0.717, 1.165) is 6.07 Å². The van der Waals surface area contributed by atoms with Crippen LogP contribution in [0.15, 0.2) is 36.7 Å². The van der Waals surface area contributed by atoms with E-state index in [1.54, 1.807) is 28.9 Å². The molecule has 2 saturated heterocycles. The molecule has 3 heterocycles. The van der Waals surface area contributed by atoms with Gasteiger partial charge >= 0.3 is 12.2 Å². The summed E-state index contributed by atoms with van der Waals surface area (Å²) in [6, 6.07) is 3.87. The molecule has 2 amide bonds. The Morgan fingerprint density at radius 2 is 1.89 bits per heavy atom. The van der Waals surface area contributed by atoms with Crippen LogP contribution < -0.4 is 5.32 Å². The molecule has 2 fully saturated rings. The number of halogens is 3. The predicted octanol–water partition coefficient (Wildman–Crippen LogP) is 3.49. The van der Waals surface area contributed by atoms with Gasteiger partial charge in [-0.1, -0.05) is 12.1 Å². The fraction of sp³-hybridized carbons (Fsp3) is 0.474. The number of aliphatic hydroxyl groups is 1. The molecule has 2 aromatic rings. The highest BCUT2D eigenvalue weighted by Crippen LogP contribution is 2.45. The van der Waals surface area contributed by atoms with Gasteiger partial charge in [0.05, 0.1) is 11.3 Å². The number of alkyl halides is 3. The van der Waals surface area contributed by atoms with Gasteiger partial charge in [0, 0.05) is 44.4 Å². The van der Waals surface area contributed by atoms with Crippen LogP contribution in [0.3, 0.4) is 0 Å². The molecule has 150 valence electrons. The first-order chi connectivity index (χ1) is 13.2. The van der Waals surface area contributed by atoms with E-state index in [9.17, 15) is 23.1 Å². The zero-order valence-electron chi connectivity index (χ0n) is 15.3. The molecule has 28 heavy (non-hydrogen) atoms. The van der Waals surface area contributed by atoms with Crippen LogP contribution in [0.1, 0.15) is 37.1 Å². The highest BCUT2D eigenvalue weighted by molar-refractivity contribution is 5.91. The summed E-state index contributed by atoms with van der Waals surface area (Å²) in [7, 11) is 1.80. The van der Waals surface area contributed by atoms with Crippen LogP contribution in [-0.4, -0.2) is 37.7 Å². The largest absolute Gasteiger partial charge is 0.418 e. The molecular formula is C19H21F3N4O2. The quantitative estimate of drug-likeness (QED) is 0.819. The number of para-hydroxylation sites is 1. The second-order valence-corrected chi connectivity index (χ2v) is 7.57. The number of anilines is 1. The third-order valence-corrected chi connectivity index (χ3v) is 5.71. The van der Waals surface area contributed by atoms with E-state index in [1.165, 1.54) is 18.2 Å². The summed E-state index contributed by atoms with van der Waals surface area (Å²) in [6.45, 7) is 0. The van der Waals surface area contributed by atoms with Crippen molar-refractivity contribution in [3.8, 4) is 0 Å². The fourth-order valence-corrected chi connectivity index (χ4v) is 4.57. The lowest BCUT2D eigenvalue weighted by molar-refractivity contribution is -0.136. The van der Waals surface area contributed by atoms with E-state index < -0.39 is 23.4 Å². The number of rotatable bonds is 2. The van der Waals surface area contributed by atoms with Gasteiger partial charge in [-0.05, 0) is 25.0 Å². The predicted molar refractivity (Wildman–Crippen MR) is 95.5 cm³/mol. The molecule has 2 N–H and O–H groups in total. The molecule has 2 aliphatic heterocycles. The maximum atomic E-state index is 13.2. The lowest BCUT2D eigenvalue weighted by Gasteiger charge is -2.43. The summed E-state index contributed by atoms with van der Waals surface area (Å²) in [6.07, 6.45) is 0.830. The Kier molecular flexibility index (Phi) is 4.37. The minimum Gasteiger partial charge on any atom is -0.382 e. The number of hydrogen-bond donors (Lipinski definition) is 2. The average Bonchev–Trinajstić information content (AvgIpc) is 3.17. The Balaban J connectivity index is 1.55. The van der Waals surface area contributed by atoms with Gasteiger partial charge in [-0.2, -0.15) is 13.2 Å². The van der Waals surface area contributed by atoms with Crippen LogP contribution in [0, 0.1) is 0 Å². The van der Waals surface area contributed by atoms with Gasteiger partial charge in [-0.3, -0.25) is 0 Å². The Morgan fingerprint density at radius 3 is 2.46 bits per heavy atom. The summed E-state index contributed by atoms with van der Waals surface area (Å²) < 4.78 is 41.3. The van der Waals surface area contributed by atoms with Gasteiger partial charge in [0.2, 0.25) is 0 Å². The van der Waals surface area contributed by atoms with Gasteiger partial charge < -0.3 is 19.9 Å². The number of benzene rings is 1. The third kappa shape index (κ3) is 3.13. The van der Waals surface area contributed by atoms with Gasteiger partial charge in [-0.25, -0.2) is 9.78 Å². The molecule has 1 aromatic carbocycles. The molecule has 1 aromatic heterocycles. The normalized spacial score (nSPS) is 27.1. The molecule has 0 saturated carbocycles. The van der Waals surface area contributed by atoms with Crippen LogP contribution in [-0.2, 0) is 18.8 Å². The number of aromatic nitrogens is 2. The van der Waals surface area contributed by atoms with Gasteiger partial charge in [0.1, 0.15) is 11.4 Å². The molecule has 0 spiro atoms. The molecule has 0 aliphatic carbocycles. The number of aryl methyl sites for hydroxylation is 1. The highest BCUT2D eigenvalue weighted by Gasteiger charge is 2.51. The van der Waals surface area contributed by atoms with Gasteiger partial charge in [0.25, 0.3) is 0 Å². The number of fused-ring (bicyclic) bond motifs is 2. The molecule has 4 rings (SSSR count). The molecule has 2 bridgehead atoms. The minimum absolute atomic E-state index is 0.251. The fourth-order valence-electron chi connectivity index (χ4n) is 4.57. The van der Waals surface area contributed by atoms with Gasteiger partial charge in [-0.15, -0.1) is 0 Å². The molecule has 2 aliphatic rings. The maximum absolute atomic E-state index is 13.2. The van der Waals surface area contributed by atoms with Crippen molar-refractivity contribution in [2.75, 3.05) is 5.32 Å². The first-order valence-electron chi connectivity index (χ1n) is 9.15. The molecule has 0 radical (unpaired) electrons. The summed E-state index contributed by atoms with van der Waals surface area (Å²) in [4.78, 5) is 18.7. The Hall–Kier alpha value is -2.55. The number of piperidine rings is 1. The minimum atomic E-state index is -4.55. The van der Waals surface area contributed by atoms with Crippen molar-refractivity contribution >= 4 is 11.7 Å². The standard InChI is InChI=1S/C19H21F3N4O2/c1-25-9-8-23-16(25)18(28)10-12-6-7-13(11-18)26(12)17(27)24-15-5-3-2-4-14(15)19(20,21)22/h2-5,8-9,12-13,28H,6-7,10-11H2,1H3,(H,24,27)/t12-,13-/m1/s1. The van der Waals surface area contributed by atoms with Crippen molar-refractivity contribution in [2.45, 2.75) is 49.5 Å². The van der Waals surface area contributed by atoms with Crippen LogP contribution in [0.2, 0.25) is 0 Å². The van der Waals surface area contributed by atoms with Gasteiger partial charge in [0.15, 0.2) is 0 Å². The summed E-state index contributed by atoms with van der Waals surface area (Å²) in [5.41, 5.74) is -2.29. The second kappa shape index (κ2) is 6.51. The van der Waals surface area contributed by atoms with E-state index in [-0.39, 0.29) is 17.8 Å². The third-order valence-electron chi connectivity index (χ3n) is 5.71. The number of nitrogens with one attached hydrogen (secondary N) is 1. The number of hydrogen-bond acceptors (Lipinski definition) is 3. The molecule has 0 unspecified atom stereocenters. The lowest BCUT2D eigenvalue weighted by Crippen LogP contribution is -2.53. The van der Waals surface area contributed by atoms with Crippen LogP contribution in [0.25, 0.3) is 0 Å². The average molecular weight is 394 g/mol. The first kappa shape index (κ1) is 18.8. The maximum Gasteiger partial charge on any atom is 0.418 e. The van der Waals surface area contributed by atoms with Crippen molar-refractivity contribution < 1.29 is 23.1 Å². The number of carbonyl (C=O) groups is 1. The number of imidazole rings is 1. The van der Waals surface area contributed by atoms with Crippen LogP contribution in [0.5, 0.6) is 0 Å². The zero-order chi connectivity index (χ0) is 20.1. The molecule has 9 heteroatoms. The number of amides is 2. The van der Waals surface area contributed by atoms with E-state index >= 15 is 0 Å². The van der Waals surface area contributed by atoms with E-state index in [4.69, 9.17) is 0 Å². The Labute approximate surface area is 160 Å². The molecule has 2 atom stereocenters. The van der Waals surface area contributed by atoms with Crippen LogP contribution >= 0.6 is 0 Å². The molecule has 6 nitrogen and oxygen atoms in total. The zero-order valence-corrected chi connectivity index (χ0v) is 15.3. The number of carbonyl (C=O) groups excluding carboxylic acids is 1. The SMILES string of the molecule is Cn1ccnc1C1(O)C[C@H]2CC[C@H](C1)N2C(=O)Nc1ccccc1C(F)(F)F. The van der Waals surface area contributed by atoms with E-state index in [1.807, 2.05) is 0 Å². The Bertz CT molecular complexity index is 881. The number of urea groups is 1. The summed E-state index contributed by atoms with van der Waals surface area (Å²) in [5, 5.41) is 13.6. The van der Waals surface area contributed by atoms with Crippen LogP contribution in [0.4, 0.5) is 23.7 Å². The van der Waals surface area contributed by atoms with E-state index in [0.29, 0.717) is 31.5 Å². The van der Waals surface area contributed by atoms with Crippen molar-refractivity contribution in [3.05, 3.63) is 48.0 Å². The lowest BCUT2D eigenvalue weighted by atomic mass is 9.85. The van der Waals surface area contributed by atoms with E-state index in [2.05, 4.69) is 10.3 Å². The van der Waals surface area contributed by atoms with Crippen molar-refractivity contribution in [1.29, 1.82) is 0 Å². The molecular weight excluding hydrogens is 373 g/mol. The van der Waals surface area contributed by atoms with Crippen molar-refractivity contribution in [3.63, 3.8) is 0 Å². The second-order valence-electron chi connectivity index (χ2n) is 7.57. The topological polar surface area (TPSA) is 70.4 Å². The highest BCUT2D eigenvalue weighted by atomic mass is 19.4.